The Kier molecular flexibility index (Phi) is 5.45. The summed E-state index contributed by atoms with van der Waals surface area (Å²) in [4.78, 5) is 21.4. The first kappa shape index (κ1) is 20.8. The van der Waals surface area contributed by atoms with Gasteiger partial charge in [-0.1, -0.05) is 32.0 Å². The van der Waals surface area contributed by atoms with Crippen LogP contribution in [-0.2, 0) is 9.53 Å². The molecule has 4 aliphatic rings. The van der Waals surface area contributed by atoms with Gasteiger partial charge in [0.1, 0.15) is 0 Å². The predicted octanol–water partition coefficient (Wildman–Crippen LogP) is 3.38. The number of amides is 1. The topological polar surface area (TPSA) is 57.2 Å². The van der Waals surface area contributed by atoms with E-state index in [1.165, 1.54) is 11.3 Å². The second kappa shape index (κ2) is 8.12. The molecule has 3 fully saturated rings. The van der Waals surface area contributed by atoms with Crippen LogP contribution in [0.5, 0.6) is 0 Å². The van der Waals surface area contributed by atoms with Crippen molar-refractivity contribution in [1.29, 1.82) is 0 Å². The number of carbonyl (C=O) groups is 1. The Morgan fingerprint density at radius 1 is 1.32 bits per heavy atom. The van der Waals surface area contributed by atoms with E-state index >= 15 is 0 Å². The zero-order chi connectivity index (χ0) is 21.6. The average molecular weight is 425 g/mol. The number of fused-ring (bicyclic) bond motifs is 2. The molecule has 5 rings (SSSR count). The number of ether oxygens (including phenoxy) is 1. The highest BCUT2D eigenvalue weighted by Gasteiger charge is 2.59. The number of para-hydroxylation sites is 1. The fraction of sp³-hybridized carbons (Fsp3) is 0.680. The Balaban J connectivity index is 1.34. The van der Waals surface area contributed by atoms with Crippen LogP contribution in [0.3, 0.4) is 0 Å². The summed E-state index contributed by atoms with van der Waals surface area (Å²) in [7, 11) is 0. The van der Waals surface area contributed by atoms with E-state index in [1.54, 1.807) is 0 Å². The minimum absolute atomic E-state index is 0.116. The molecule has 3 heterocycles. The summed E-state index contributed by atoms with van der Waals surface area (Å²) in [6.07, 6.45) is 4.23. The summed E-state index contributed by atoms with van der Waals surface area (Å²) in [5, 5.41) is 3.86. The van der Waals surface area contributed by atoms with Crippen molar-refractivity contribution in [2.45, 2.75) is 64.5 Å². The number of nitrogens with zero attached hydrogens (tertiary/aromatic N) is 3. The second-order valence-electron chi connectivity index (χ2n) is 10.1. The smallest absolute Gasteiger partial charge is 0.222 e. The summed E-state index contributed by atoms with van der Waals surface area (Å²) in [6.45, 7) is 11.1. The van der Waals surface area contributed by atoms with Crippen LogP contribution >= 0.6 is 0 Å². The van der Waals surface area contributed by atoms with E-state index in [0.29, 0.717) is 36.3 Å². The van der Waals surface area contributed by atoms with Crippen molar-refractivity contribution in [3.8, 4) is 0 Å². The molecule has 0 radical (unpaired) electrons. The molecule has 0 bridgehead atoms. The van der Waals surface area contributed by atoms with Crippen LogP contribution in [0.4, 0.5) is 5.69 Å². The van der Waals surface area contributed by atoms with Gasteiger partial charge in [-0.25, -0.2) is 0 Å². The van der Waals surface area contributed by atoms with Crippen LogP contribution in [0, 0.1) is 11.3 Å². The molecule has 1 saturated carbocycles. The van der Waals surface area contributed by atoms with Crippen LogP contribution in [0.2, 0.25) is 0 Å². The number of rotatable bonds is 5. The van der Waals surface area contributed by atoms with Crippen molar-refractivity contribution in [2.24, 2.45) is 16.3 Å². The van der Waals surface area contributed by atoms with Crippen LogP contribution in [0.15, 0.2) is 29.3 Å². The maximum Gasteiger partial charge on any atom is 0.222 e. The fourth-order valence-corrected chi connectivity index (χ4v) is 6.31. The minimum atomic E-state index is 0.116. The van der Waals surface area contributed by atoms with E-state index < -0.39 is 0 Å². The van der Waals surface area contributed by atoms with Crippen LogP contribution in [-0.4, -0.2) is 61.7 Å². The summed E-state index contributed by atoms with van der Waals surface area (Å²) in [6, 6.07) is 9.12. The van der Waals surface area contributed by atoms with Crippen molar-refractivity contribution in [1.82, 2.24) is 10.2 Å². The molecule has 1 aromatic rings. The molecule has 1 aliphatic carbocycles. The van der Waals surface area contributed by atoms with Gasteiger partial charge in [0.25, 0.3) is 0 Å². The summed E-state index contributed by atoms with van der Waals surface area (Å²) in [5.74, 6) is 2.31. The molecule has 0 aromatic heterocycles. The van der Waals surface area contributed by atoms with E-state index in [-0.39, 0.29) is 5.41 Å². The van der Waals surface area contributed by atoms with Crippen molar-refractivity contribution in [3.63, 3.8) is 0 Å². The Bertz CT molecular complexity index is 867. The lowest BCUT2D eigenvalue weighted by Gasteiger charge is -2.55. The number of nitrogens with one attached hydrogen (secondary N) is 1. The first-order valence-corrected chi connectivity index (χ1v) is 12.1. The van der Waals surface area contributed by atoms with Gasteiger partial charge in [0.2, 0.25) is 5.91 Å². The lowest BCUT2D eigenvalue weighted by atomic mass is 9.57. The molecule has 1 amide bonds. The highest BCUT2D eigenvalue weighted by molar-refractivity contribution is 5.98. The maximum absolute atomic E-state index is 12.1. The third-order valence-electron chi connectivity index (χ3n) is 7.94. The normalized spacial score (nSPS) is 31.6. The number of anilines is 1. The fourth-order valence-electron chi connectivity index (χ4n) is 6.31. The molecule has 168 valence electrons. The van der Waals surface area contributed by atoms with Gasteiger partial charge in [-0.05, 0) is 37.8 Å². The molecular formula is C25H36N4O2. The maximum atomic E-state index is 12.1. The number of likely N-dealkylation sites (tertiary alicyclic amines) is 1. The largest absolute Gasteiger partial charge is 0.377 e. The molecule has 1 N–H and O–H groups in total. The molecule has 4 unspecified atom stereocenters. The Labute approximate surface area is 186 Å². The highest BCUT2D eigenvalue weighted by Crippen LogP contribution is 2.52. The average Bonchev–Trinajstić information content (AvgIpc) is 3.47. The second-order valence-corrected chi connectivity index (χ2v) is 10.1. The third kappa shape index (κ3) is 3.53. The van der Waals surface area contributed by atoms with E-state index in [0.717, 1.165) is 58.0 Å². The van der Waals surface area contributed by atoms with Gasteiger partial charge >= 0.3 is 0 Å². The van der Waals surface area contributed by atoms with Crippen molar-refractivity contribution < 1.29 is 9.53 Å². The lowest BCUT2D eigenvalue weighted by molar-refractivity contribution is -0.127. The molecular weight excluding hydrogens is 388 g/mol. The van der Waals surface area contributed by atoms with Gasteiger partial charge in [0.15, 0.2) is 5.96 Å². The van der Waals surface area contributed by atoms with Crippen LogP contribution in [0.1, 0.15) is 57.9 Å². The van der Waals surface area contributed by atoms with E-state index in [2.05, 4.69) is 55.3 Å². The van der Waals surface area contributed by atoms with Crippen LogP contribution in [0.25, 0.3) is 0 Å². The van der Waals surface area contributed by atoms with Gasteiger partial charge in [0.05, 0.1) is 6.10 Å². The Morgan fingerprint density at radius 3 is 2.94 bits per heavy atom. The highest BCUT2D eigenvalue weighted by atomic mass is 16.5. The molecule has 3 aliphatic heterocycles. The van der Waals surface area contributed by atoms with Crippen molar-refractivity contribution in [2.75, 3.05) is 37.7 Å². The molecule has 6 nitrogen and oxygen atoms in total. The first-order valence-electron chi connectivity index (χ1n) is 12.1. The molecule has 0 spiro atoms. The number of hydrogen-bond acceptors (Lipinski definition) is 3. The van der Waals surface area contributed by atoms with E-state index in [9.17, 15) is 4.79 Å². The van der Waals surface area contributed by atoms with Gasteiger partial charge in [-0.2, -0.15) is 0 Å². The summed E-state index contributed by atoms with van der Waals surface area (Å²) >= 11 is 0. The Morgan fingerprint density at radius 2 is 2.16 bits per heavy atom. The van der Waals surface area contributed by atoms with E-state index in [4.69, 9.17) is 9.73 Å². The van der Waals surface area contributed by atoms with E-state index in [1.807, 2.05) is 4.90 Å². The zero-order valence-corrected chi connectivity index (χ0v) is 19.1. The van der Waals surface area contributed by atoms with Crippen molar-refractivity contribution >= 4 is 17.6 Å². The quantitative estimate of drug-likeness (QED) is 0.582. The minimum Gasteiger partial charge on any atom is -0.377 e. The summed E-state index contributed by atoms with van der Waals surface area (Å²) < 4.78 is 6.00. The number of benzene rings is 1. The number of guanidine groups is 1. The van der Waals surface area contributed by atoms with Crippen LogP contribution < -0.4 is 10.2 Å². The zero-order valence-electron chi connectivity index (χ0n) is 19.1. The van der Waals surface area contributed by atoms with Crippen molar-refractivity contribution in [3.05, 3.63) is 29.8 Å². The third-order valence-corrected chi connectivity index (χ3v) is 7.94. The number of aliphatic imine (C=N–C) groups is 1. The predicted molar refractivity (Wildman–Crippen MR) is 123 cm³/mol. The van der Waals surface area contributed by atoms with Gasteiger partial charge < -0.3 is 19.9 Å². The van der Waals surface area contributed by atoms with Gasteiger partial charge in [-0.3, -0.25) is 9.79 Å². The summed E-state index contributed by atoms with van der Waals surface area (Å²) in [5.41, 5.74) is 2.76. The molecule has 6 heteroatoms. The number of carbonyl (C=O) groups excluding carboxylic acids is 1. The molecule has 1 aromatic carbocycles. The molecule has 2 saturated heterocycles. The lowest BCUT2D eigenvalue weighted by Crippen LogP contribution is -2.68. The standard InChI is InChI=1S/C25H36N4O2/c1-4-26-24(27-22-19-12-15-31-23(19)25(22,2)3)29-16-17(18-8-5-6-9-20(18)29)11-14-28-13-7-10-21(28)30/h5-6,8-9,17,19,22-23H,4,7,10-16H2,1-3H3,(H,26,27). The first-order chi connectivity index (χ1) is 15.0. The van der Waals surface area contributed by atoms with Gasteiger partial charge in [-0.15, -0.1) is 0 Å². The number of hydrogen-bond donors (Lipinski definition) is 1. The Hall–Kier alpha value is -2.08. The van der Waals surface area contributed by atoms with Gasteiger partial charge in [0, 0.05) is 68.2 Å². The molecule has 4 atom stereocenters. The SMILES string of the molecule is CCN=C(NC1C2CCOC2C1(C)C)N1CC(CCN2CCCC2=O)c2ccccc21. The monoisotopic (exact) mass is 424 g/mol. The molecule has 31 heavy (non-hydrogen) atoms.